The summed E-state index contributed by atoms with van der Waals surface area (Å²) in [5.41, 5.74) is 1.53. The summed E-state index contributed by atoms with van der Waals surface area (Å²) in [6.45, 7) is 4.69. The second kappa shape index (κ2) is 7.19. The SMILES string of the molecule is C=CCNC(=O)c1cc(N(C)Cc2ccccc2)ncn1. The Hall–Kier alpha value is -2.69. The fourth-order valence-corrected chi connectivity index (χ4v) is 1.87. The van der Waals surface area contributed by atoms with E-state index in [0.717, 1.165) is 0 Å². The molecule has 0 aliphatic heterocycles. The number of benzene rings is 1. The highest BCUT2D eigenvalue weighted by Gasteiger charge is 2.10. The van der Waals surface area contributed by atoms with Crippen molar-refractivity contribution in [2.75, 3.05) is 18.5 Å². The van der Waals surface area contributed by atoms with Crippen LogP contribution in [0.2, 0.25) is 0 Å². The van der Waals surface area contributed by atoms with Crippen molar-refractivity contribution < 1.29 is 4.79 Å². The number of aromatic nitrogens is 2. The van der Waals surface area contributed by atoms with Crippen LogP contribution in [-0.2, 0) is 6.54 Å². The molecule has 0 atom stereocenters. The zero-order chi connectivity index (χ0) is 15.1. The van der Waals surface area contributed by atoms with Crippen LogP contribution in [0.5, 0.6) is 0 Å². The van der Waals surface area contributed by atoms with Gasteiger partial charge in [-0.15, -0.1) is 6.58 Å². The Morgan fingerprint density at radius 3 is 2.81 bits per heavy atom. The van der Waals surface area contributed by atoms with Gasteiger partial charge in [-0.3, -0.25) is 4.79 Å². The molecule has 1 amide bonds. The first-order valence-corrected chi connectivity index (χ1v) is 6.67. The number of carbonyl (C=O) groups excluding carboxylic acids is 1. The third kappa shape index (κ3) is 4.14. The van der Waals surface area contributed by atoms with E-state index in [0.29, 0.717) is 24.6 Å². The molecule has 1 aromatic carbocycles. The molecule has 0 radical (unpaired) electrons. The second-order valence-electron chi connectivity index (χ2n) is 4.60. The molecule has 0 aliphatic rings. The van der Waals surface area contributed by atoms with Crippen LogP contribution in [0.4, 0.5) is 5.82 Å². The molecule has 2 aromatic rings. The Morgan fingerprint density at radius 1 is 1.33 bits per heavy atom. The molecule has 0 spiro atoms. The van der Waals surface area contributed by atoms with Crippen molar-refractivity contribution in [3.8, 4) is 0 Å². The monoisotopic (exact) mass is 282 g/mol. The highest BCUT2D eigenvalue weighted by molar-refractivity contribution is 5.92. The number of rotatable bonds is 6. The first-order valence-electron chi connectivity index (χ1n) is 6.67. The van der Waals surface area contributed by atoms with Crippen LogP contribution >= 0.6 is 0 Å². The van der Waals surface area contributed by atoms with Crippen molar-refractivity contribution in [2.24, 2.45) is 0 Å². The van der Waals surface area contributed by atoms with Gasteiger partial charge < -0.3 is 10.2 Å². The minimum absolute atomic E-state index is 0.230. The highest BCUT2D eigenvalue weighted by atomic mass is 16.1. The molecule has 5 nitrogen and oxygen atoms in total. The van der Waals surface area contributed by atoms with Crippen molar-refractivity contribution in [2.45, 2.75) is 6.54 Å². The lowest BCUT2D eigenvalue weighted by molar-refractivity contribution is 0.0953. The molecule has 5 heteroatoms. The molecular weight excluding hydrogens is 264 g/mol. The van der Waals surface area contributed by atoms with E-state index in [1.54, 1.807) is 12.1 Å². The summed E-state index contributed by atoms with van der Waals surface area (Å²) in [5.74, 6) is 0.476. The van der Waals surface area contributed by atoms with Crippen LogP contribution in [-0.4, -0.2) is 29.5 Å². The molecule has 0 unspecified atom stereocenters. The number of hydrogen-bond acceptors (Lipinski definition) is 4. The number of hydrogen-bond donors (Lipinski definition) is 1. The Labute approximate surface area is 124 Å². The van der Waals surface area contributed by atoms with Gasteiger partial charge >= 0.3 is 0 Å². The predicted molar refractivity (Wildman–Crippen MR) is 83.1 cm³/mol. The molecule has 108 valence electrons. The molecule has 1 heterocycles. The normalized spacial score (nSPS) is 9.95. The lowest BCUT2D eigenvalue weighted by atomic mass is 10.2. The molecule has 1 aromatic heterocycles. The molecule has 0 fully saturated rings. The van der Waals surface area contributed by atoms with Crippen LogP contribution in [0.3, 0.4) is 0 Å². The largest absolute Gasteiger partial charge is 0.355 e. The fourth-order valence-electron chi connectivity index (χ4n) is 1.87. The van der Waals surface area contributed by atoms with E-state index in [4.69, 9.17) is 0 Å². The molecule has 1 N–H and O–H groups in total. The average Bonchev–Trinajstić information content (AvgIpc) is 2.53. The minimum Gasteiger partial charge on any atom is -0.355 e. The van der Waals surface area contributed by atoms with E-state index < -0.39 is 0 Å². The van der Waals surface area contributed by atoms with Crippen molar-refractivity contribution >= 4 is 11.7 Å². The smallest absolute Gasteiger partial charge is 0.270 e. The standard InChI is InChI=1S/C16H18N4O/c1-3-9-17-16(21)14-10-15(19-12-18-14)20(2)11-13-7-5-4-6-8-13/h3-8,10,12H,1,9,11H2,2H3,(H,17,21). The zero-order valence-electron chi connectivity index (χ0n) is 12.0. The van der Waals surface area contributed by atoms with Gasteiger partial charge in [-0.25, -0.2) is 9.97 Å². The van der Waals surface area contributed by atoms with Crippen molar-refractivity contribution in [3.05, 3.63) is 66.6 Å². The van der Waals surface area contributed by atoms with Crippen LogP contribution in [0.15, 0.2) is 55.4 Å². The Morgan fingerprint density at radius 2 is 2.10 bits per heavy atom. The van der Waals surface area contributed by atoms with Gasteiger partial charge in [0.2, 0.25) is 0 Å². The molecule has 0 saturated heterocycles. The van der Waals surface area contributed by atoms with Crippen LogP contribution in [0, 0.1) is 0 Å². The topological polar surface area (TPSA) is 58.1 Å². The van der Waals surface area contributed by atoms with Gasteiger partial charge in [-0.2, -0.15) is 0 Å². The second-order valence-corrected chi connectivity index (χ2v) is 4.60. The van der Waals surface area contributed by atoms with Gasteiger partial charge in [0.25, 0.3) is 5.91 Å². The summed E-state index contributed by atoms with van der Waals surface area (Å²) < 4.78 is 0. The molecule has 0 bridgehead atoms. The van der Waals surface area contributed by atoms with Crippen molar-refractivity contribution in [1.29, 1.82) is 0 Å². The number of amides is 1. The predicted octanol–water partition coefficient (Wildman–Crippen LogP) is 2.03. The molecule has 21 heavy (non-hydrogen) atoms. The van der Waals surface area contributed by atoms with Gasteiger partial charge in [-0.05, 0) is 5.56 Å². The summed E-state index contributed by atoms with van der Waals surface area (Å²) in [7, 11) is 1.93. The Kier molecular flexibility index (Phi) is 5.04. The minimum atomic E-state index is -0.230. The quantitative estimate of drug-likeness (QED) is 0.824. The van der Waals surface area contributed by atoms with Crippen LogP contribution in [0.25, 0.3) is 0 Å². The molecular formula is C16H18N4O. The van der Waals surface area contributed by atoms with E-state index in [9.17, 15) is 4.79 Å². The van der Waals surface area contributed by atoms with Gasteiger partial charge in [-0.1, -0.05) is 36.4 Å². The lowest BCUT2D eigenvalue weighted by Crippen LogP contribution is -2.25. The number of anilines is 1. The number of nitrogens with zero attached hydrogens (tertiary/aromatic N) is 3. The molecule has 0 aliphatic carbocycles. The van der Waals surface area contributed by atoms with Gasteiger partial charge in [0.1, 0.15) is 17.8 Å². The Bertz CT molecular complexity index is 613. The van der Waals surface area contributed by atoms with E-state index >= 15 is 0 Å². The average molecular weight is 282 g/mol. The van der Waals surface area contributed by atoms with E-state index in [1.165, 1.54) is 11.9 Å². The molecule has 2 rings (SSSR count). The maximum Gasteiger partial charge on any atom is 0.270 e. The maximum atomic E-state index is 11.9. The summed E-state index contributed by atoms with van der Waals surface area (Å²) in [6.07, 6.45) is 3.03. The third-order valence-corrected chi connectivity index (χ3v) is 2.95. The number of nitrogens with one attached hydrogen (secondary N) is 1. The zero-order valence-corrected chi connectivity index (χ0v) is 12.0. The van der Waals surface area contributed by atoms with E-state index in [-0.39, 0.29) is 5.91 Å². The van der Waals surface area contributed by atoms with E-state index in [2.05, 4.69) is 34.0 Å². The first kappa shape index (κ1) is 14.7. The van der Waals surface area contributed by atoms with Crippen LogP contribution in [0.1, 0.15) is 16.1 Å². The summed E-state index contributed by atoms with van der Waals surface area (Å²) in [5, 5.41) is 2.70. The highest BCUT2D eigenvalue weighted by Crippen LogP contribution is 2.12. The lowest BCUT2D eigenvalue weighted by Gasteiger charge is -2.18. The summed E-state index contributed by atoms with van der Waals surface area (Å²) >= 11 is 0. The van der Waals surface area contributed by atoms with Gasteiger partial charge in [0.05, 0.1) is 0 Å². The van der Waals surface area contributed by atoms with Crippen LogP contribution < -0.4 is 10.2 Å². The van der Waals surface area contributed by atoms with Crippen molar-refractivity contribution in [3.63, 3.8) is 0 Å². The summed E-state index contributed by atoms with van der Waals surface area (Å²) in [6, 6.07) is 11.8. The maximum absolute atomic E-state index is 11.9. The first-order chi connectivity index (χ1) is 10.2. The number of carbonyl (C=O) groups is 1. The van der Waals surface area contributed by atoms with Crippen molar-refractivity contribution in [1.82, 2.24) is 15.3 Å². The molecule has 0 saturated carbocycles. The summed E-state index contributed by atoms with van der Waals surface area (Å²) in [4.78, 5) is 22.1. The van der Waals surface area contributed by atoms with Gasteiger partial charge in [0, 0.05) is 26.2 Å². The Balaban J connectivity index is 2.09. The van der Waals surface area contributed by atoms with E-state index in [1.807, 2.05) is 30.1 Å². The fraction of sp³-hybridized carbons (Fsp3) is 0.188. The third-order valence-electron chi connectivity index (χ3n) is 2.95. The van der Waals surface area contributed by atoms with Gasteiger partial charge in [0.15, 0.2) is 0 Å².